The molecule has 3 heteroatoms. The summed E-state index contributed by atoms with van der Waals surface area (Å²) in [6, 6.07) is -0.544. The topological polar surface area (TPSA) is 55.1 Å². The Bertz CT molecular complexity index is 140. The van der Waals surface area contributed by atoms with Gasteiger partial charge in [0.2, 0.25) is 0 Å². The molecule has 0 rings (SSSR count). The molecule has 0 spiro atoms. The van der Waals surface area contributed by atoms with Gasteiger partial charge in [-0.05, 0) is 5.57 Å². The van der Waals surface area contributed by atoms with Crippen LogP contribution in [0.4, 0.5) is 4.79 Å². The minimum Gasteiger partial charge on any atom is -0.352 e. The van der Waals surface area contributed by atoms with E-state index in [0.29, 0.717) is 6.54 Å². The van der Waals surface area contributed by atoms with Crippen LogP contribution in [0.15, 0.2) is 24.8 Å². The summed E-state index contributed by atoms with van der Waals surface area (Å²) in [5.41, 5.74) is 5.51. The SMILES string of the molecule is C=CC(=C)CNC(N)=O. The fourth-order valence-electron chi connectivity index (χ4n) is 0.273. The van der Waals surface area contributed by atoms with Gasteiger partial charge in [0, 0.05) is 6.54 Å². The van der Waals surface area contributed by atoms with Crippen molar-refractivity contribution in [3.05, 3.63) is 24.8 Å². The van der Waals surface area contributed by atoms with Crippen molar-refractivity contribution >= 4 is 6.03 Å². The number of carbonyl (C=O) groups excluding carboxylic acids is 1. The number of rotatable bonds is 3. The molecule has 0 aliphatic rings. The second-order valence-electron chi connectivity index (χ2n) is 1.58. The van der Waals surface area contributed by atoms with Gasteiger partial charge in [0.15, 0.2) is 0 Å². The Morgan fingerprint density at radius 1 is 1.78 bits per heavy atom. The molecule has 0 heterocycles. The van der Waals surface area contributed by atoms with Gasteiger partial charge >= 0.3 is 6.03 Å². The Morgan fingerprint density at radius 3 is 2.67 bits per heavy atom. The van der Waals surface area contributed by atoms with Crippen molar-refractivity contribution in [2.24, 2.45) is 5.73 Å². The average molecular weight is 126 g/mol. The first kappa shape index (κ1) is 7.75. The highest BCUT2D eigenvalue weighted by atomic mass is 16.2. The molecule has 0 atom stereocenters. The van der Waals surface area contributed by atoms with Gasteiger partial charge in [-0.25, -0.2) is 4.79 Å². The summed E-state index contributed by atoms with van der Waals surface area (Å²) in [7, 11) is 0. The number of nitrogens with two attached hydrogens (primary N) is 1. The van der Waals surface area contributed by atoms with Crippen LogP contribution in [-0.2, 0) is 0 Å². The van der Waals surface area contributed by atoms with Crippen LogP contribution in [0, 0.1) is 0 Å². The molecule has 3 nitrogen and oxygen atoms in total. The third-order valence-corrected chi connectivity index (χ3v) is 0.778. The Labute approximate surface area is 54.2 Å². The van der Waals surface area contributed by atoms with Crippen LogP contribution in [0.2, 0.25) is 0 Å². The van der Waals surface area contributed by atoms with Crippen molar-refractivity contribution in [3.8, 4) is 0 Å². The quantitative estimate of drug-likeness (QED) is 0.528. The molecule has 0 bridgehead atoms. The highest BCUT2D eigenvalue weighted by molar-refractivity contribution is 5.71. The number of nitrogens with one attached hydrogen (secondary N) is 1. The molecule has 50 valence electrons. The molecule has 0 aliphatic heterocycles. The van der Waals surface area contributed by atoms with Crippen molar-refractivity contribution in [1.29, 1.82) is 0 Å². The highest BCUT2D eigenvalue weighted by Gasteiger charge is 1.89. The zero-order valence-electron chi connectivity index (χ0n) is 5.18. The number of hydrogen-bond donors (Lipinski definition) is 2. The first-order valence-electron chi connectivity index (χ1n) is 2.50. The maximum atomic E-state index is 10.1. The van der Waals surface area contributed by atoms with Crippen LogP contribution in [0.1, 0.15) is 0 Å². The monoisotopic (exact) mass is 126 g/mol. The molecule has 9 heavy (non-hydrogen) atoms. The van der Waals surface area contributed by atoms with Crippen molar-refractivity contribution in [2.75, 3.05) is 6.54 Å². The fourth-order valence-corrected chi connectivity index (χ4v) is 0.273. The van der Waals surface area contributed by atoms with Crippen molar-refractivity contribution < 1.29 is 4.79 Å². The van der Waals surface area contributed by atoms with Crippen LogP contribution < -0.4 is 11.1 Å². The minimum absolute atomic E-state index is 0.374. The molecule has 2 amide bonds. The Kier molecular flexibility index (Phi) is 3.20. The second kappa shape index (κ2) is 3.72. The van der Waals surface area contributed by atoms with E-state index in [2.05, 4.69) is 18.5 Å². The van der Waals surface area contributed by atoms with Gasteiger partial charge in [0.25, 0.3) is 0 Å². The van der Waals surface area contributed by atoms with E-state index in [1.807, 2.05) is 0 Å². The van der Waals surface area contributed by atoms with Crippen LogP contribution in [-0.4, -0.2) is 12.6 Å². The fraction of sp³-hybridized carbons (Fsp3) is 0.167. The molecule has 0 fully saturated rings. The lowest BCUT2D eigenvalue weighted by molar-refractivity contribution is 0.250. The highest BCUT2D eigenvalue weighted by Crippen LogP contribution is 1.84. The molecule has 0 aromatic rings. The zero-order chi connectivity index (χ0) is 7.28. The summed E-state index contributed by atoms with van der Waals surface area (Å²) < 4.78 is 0. The average Bonchev–Trinajstić information content (AvgIpc) is 1.83. The standard InChI is InChI=1S/C6H10N2O/c1-3-5(2)4-8-6(7)9/h3H,1-2,4H2,(H3,7,8,9). The number of amides is 2. The van der Waals surface area contributed by atoms with Gasteiger partial charge in [-0.15, -0.1) is 0 Å². The normalized spacial score (nSPS) is 8.00. The third-order valence-electron chi connectivity index (χ3n) is 0.778. The molecule has 0 aliphatic carbocycles. The van der Waals surface area contributed by atoms with E-state index < -0.39 is 6.03 Å². The zero-order valence-corrected chi connectivity index (χ0v) is 5.18. The van der Waals surface area contributed by atoms with Crippen molar-refractivity contribution in [2.45, 2.75) is 0 Å². The van der Waals surface area contributed by atoms with E-state index in [1.165, 1.54) is 0 Å². The summed E-state index contributed by atoms with van der Waals surface area (Å²) in [5.74, 6) is 0. The van der Waals surface area contributed by atoms with Gasteiger partial charge in [-0.3, -0.25) is 0 Å². The van der Waals surface area contributed by atoms with E-state index in [4.69, 9.17) is 5.73 Å². The lowest BCUT2D eigenvalue weighted by atomic mass is 10.3. The van der Waals surface area contributed by atoms with Gasteiger partial charge in [0.1, 0.15) is 0 Å². The van der Waals surface area contributed by atoms with Crippen LogP contribution in [0.3, 0.4) is 0 Å². The van der Waals surface area contributed by atoms with Gasteiger partial charge in [-0.1, -0.05) is 19.2 Å². The smallest absolute Gasteiger partial charge is 0.312 e. The molecule has 3 N–H and O–H groups in total. The number of urea groups is 1. The first-order chi connectivity index (χ1) is 4.16. The van der Waals surface area contributed by atoms with Crippen LogP contribution >= 0.6 is 0 Å². The molecular formula is C6H10N2O. The largest absolute Gasteiger partial charge is 0.352 e. The number of hydrogen-bond acceptors (Lipinski definition) is 1. The predicted molar refractivity (Wildman–Crippen MR) is 36.9 cm³/mol. The van der Waals surface area contributed by atoms with Gasteiger partial charge in [-0.2, -0.15) is 0 Å². The number of primary amides is 1. The summed E-state index contributed by atoms with van der Waals surface area (Å²) in [6.45, 7) is 7.38. The van der Waals surface area contributed by atoms with E-state index in [-0.39, 0.29) is 0 Å². The van der Waals surface area contributed by atoms with Crippen LogP contribution in [0.25, 0.3) is 0 Å². The maximum absolute atomic E-state index is 10.1. The summed E-state index contributed by atoms with van der Waals surface area (Å²) in [6.07, 6.45) is 1.57. The second-order valence-corrected chi connectivity index (χ2v) is 1.58. The minimum atomic E-state index is -0.544. The molecular weight excluding hydrogens is 116 g/mol. The van der Waals surface area contributed by atoms with Gasteiger partial charge < -0.3 is 11.1 Å². The summed E-state index contributed by atoms with van der Waals surface area (Å²) in [5, 5.41) is 2.36. The molecule has 0 saturated carbocycles. The Morgan fingerprint density at radius 2 is 2.33 bits per heavy atom. The molecule has 0 aromatic carbocycles. The predicted octanol–water partition coefficient (Wildman–Crippen LogP) is 0.397. The molecule has 0 radical (unpaired) electrons. The Balaban J connectivity index is 3.39. The maximum Gasteiger partial charge on any atom is 0.312 e. The van der Waals surface area contributed by atoms with E-state index in [0.717, 1.165) is 5.57 Å². The van der Waals surface area contributed by atoms with Crippen molar-refractivity contribution in [1.82, 2.24) is 5.32 Å². The first-order valence-corrected chi connectivity index (χ1v) is 2.50. The lowest BCUT2D eigenvalue weighted by Gasteiger charge is -1.98. The Hall–Kier alpha value is -1.25. The number of carbonyl (C=O) groups is 1. The van der Waals surface area contributed by atoms with E-state index >= 15 is 0 Å². The third kappa shape index (κ3) is 4.61. The van der Waals surface area contributed by atoms with E-state index in [9.17, 15) is 4.79 Å². The molecule has 0 unspecified atom stereocenters. The van der Waals surface area contributed by atoms with Crippen molar-refractivity contribution in [3.63, 3.8) is 0 Å². The molecule has 0 saturated heterocycles. The summed E-state index contributed by atoms with van der Waals surface area (Å²) >= 11 is 0. The molecule has 0 aromatic heterocycles. The van der Waals surface area contributed by atoms with Crippen LogP contribution in [0.5, 0.6) is 0 Å². The lowest BCUT2D eigenvalue weighted by Crippen LogP contribution is -2.30. The van der Waals surface area contributed by atoms with Gasteiger partial charge in [0.05, 0.1) is 0 Å². The van der Waals surface area contributed by atoms with E-state index in [1.54, 1.807) is 6.08 Å². The summed E-state index contributed by atoms with van der Waals surface area (Å²) in [4.78, 5) is 10.1.